The quantitative estimate of drug-likeness (QED) is 0.642. The van der Waals surface area contributed by atoms with Crippen molar-refractivity contribution in [2.75, 3.05) is 33.4 Å². The fourth-order valence-corrected chi connectivity index (χ4v) is 3.83. The van der Waals surface area contributed by atoms with E-state index in [1.165, 1.54) is 6.08 Å². The first-order valence-electron chi connectivity index (χ1n) is 10.5. The number of carbonyl (C=O) groups is 2. The van der Waals surface area contributed by atoms with Gasteiger partial charge in [-0.05, 0) is 37.5 Å². The van der Waals surface area contributed by atoms with E-state index in [0.717, 1.165) is 35.3 Å². The third-order valence-corrected chi connectivity index (χ3v) is 5.65. The van der Waals surface area contributed by atoms with Crippen LogP contribution in [-0.2, 0) is 19.7 Å². The predicted octanol–water partition coefficient (Wildman–Crippen LogP) is 3.00. The molecule has 0 aromatic heterocycles. The minimum Gasteiger partial charge on any atom is -0.496 e. The zero-order valence-corrected chi connectivity index (χ0v) is 18.1. The van der Waals surface area contributed by atoms with Gasteiger partial charge in [0.25, 0.3) is 0 Å². The van der Waals surface area contributed by atoms with Gasteiger partial charge in [0, 0.05) is 36.8 Å². The largest absolute Gasteiger partial charge is 0.496 e. The van der Waals surface area contributed by atoms with Crippen LogP contribution in [0.2, 0.25) is 0 Å². The molecule has 164 valence electrons. The maximum atomic E-state index is 12.4. The van der Waals surface area contributed by atoms with Crippen LogP contribution >= 0.6 is 0 Å². The average molecular weight is 423 g/mol. The molecule has 2 aromatic carbocycles. The van der Waals surface area contributed by atoms with E-state index in [0.29, 0.717) is 19.8 Å². The molecule has 3 rings (SSSR count). The van der Waals surface area contributed by atoms with Crippen LogP contribution < -0.4 is 15.4 Å². The van der Waals surface area contributed by atoms with Crippen LogP contribution in [0.1, 0.15) is 29.5 Å². The van der Waals surface area contributed by atoms with Crippen LogP contribution in [0.3, 0.4) is 0 Å². The highest BCUT2D eigenvalue weighted by molar-refractivity contribution is 5.94. The standard InChI is InChI=1S/C25H30N2O4/c1-19-8-10-22(30-2)21(16-19)25(12-14-31-15-13-25)18-27-24(29)17-26-23(28)11-9-20-6-4-3-5-7-20/h3-11,16H,12-15,17-18H2,1-2H3,(H,26,28)(H,27,29)/b11-9+. The summed E-state index contributed by atoms with van der Waals surface area (Å²) in [7, 11) is 1.66. The number of amides is 2. The molecule has 1 saturated heterocycles. The molecule has 0 spiro atoms. The minimum atomic E-state index is -0.305. The number of ether oxygens (including phenoxy) is 2. The van der Waals surface area contributed by atoms with Crippen LogP contribution in [-0.4, -0.2) is 45.2 Å². The van der Waals surface area contributed by atoms with Crippen molar-refractivity contribution < 1.29 is 19.1 Å². The third kappa shape index (κ3) is 6.18. The van der Waals surface area contributed by atoms with Gasteiger partial charge in [0.15, 0.2) is 0 Å². The Bertz CT molecular complexity index is 918. The molecule has 1 aliphatic heterocycles. The molecule has 0 unspecified atom stereocenters. The summed E-state index contributed by atoms with van der Waals surface area (Å²) < 4.78 is 11.2. The molecule has 2 aromatic rings. The van der Waals surface area contributed by atoms with Crippen LogP contribution in [0.15, 0.2) is 54.6 Å². The summed E-state index contributed by atoms with van der Waals surface area (Å²) in [6.07, 6.45) is 4.73. The number of rotatable bonds is 8. The summed E-state index contributed by atoms with van der Waals surface area (Å²) in [6.45, 7) is 3.70. The number of methoxy groups -OCH3 is 1. The topological polar surface area (TPSA) is 76.7 Å². The molecule has 0 bridgehead atoms. The highest BCUT2D eigenvalue weighted by atomic mass is 16.5. The molecule has 1 fully saturated rings. The lowest BCUT2D eigenvalue weighted by Crippen LogP contribution is -2.47. The summed E-state index contributed by atoms with van der Waals surface area (Å²) in [5.41, 5.74) is 2.90. The summed E-state index contributed by atoms with van der Waals surface area (Å²) in [6, 6.07) is 15.7. The Kier molecular flexibility index (Phi) is 7.84. The Morgan fingerprint density at radius 2 is 1.84 bits per heavy atom. The summed E-state index contributed by atoms with van der Waals surface area (Å²) in [4.78, 5) is 24.5. The summed E-state index contributed by atoms with van der Waals surface area (Å²) >= 11 is 0. The van der Waals surface area contributed by atoms with E-state index >= 15 is 0 Å². The first-order chi connectivity index (χ1) is 15.0. The van der Waals surface area contributed by atoms with Crippen LogP contribution in [0.4, 0.5) is 0 Å². The fourth-order valence-electron chi connectivity index (χ4n) is 3.83. The Hall–Kier alpha value is -3.12. The number of aryl methyl sites for hydroxylation is 1. The molecule has 0 saturated carbocycles. The van der Waals surface area contributed by atoms with Gasteiger partial charge in [-0.1, -0.05) is 48.0 Å². The lowest BCUT2D eigenvalue weighted by molar-refractivity contribution is -0.124. The molecular formula is C25H30N2O4. The maximum Gasteiger partial charge on any atom is 0.244 e. The highest BCUT2D eigenvalue weighted by Gasteiger charge is 2.37. The molecule has 0 radical (unpaired) electrons. The van der Waals surface area contributed by atoms with Gasteiger partial charge in [0.1, 0.15) is 5.75 Å². The molecule has 1 aliphatic rings. The Labute approximate surface area is 183 Å². The second kappa shape index (κ2) is 10.8. The molecule has 6 nitrogen and oxygen atoms in total. The molecule has 2 amide bonds. The highest BCUT2D eigenvalue weighted by Crippen LogP contribution is 2.40. The van der Waals surface area contributed by atoms with E-state index in [1.807, 2.05) is 49.4 Å². The van der Waals surface area contributed by atoms with Gasteiger partial charge >= 0.3 is 0 Å². The zero-order valence-electron chi connectivity index (χ0n) is 18.1. The van der Waals surface area contributed by atoms with E-state index in [4.69, 9.17) is 9.47 Å². The molecule has 0 aliphatic carbocycles. The monoisotopic (exact) mass is 422 g/mol. The normalized spacial score (nSPS) is 15.4. The number of hydrogen-bond acceptors (Lipinski definition) is 4. The van der Waals surface area contributed by atoms with Crippen LogP contribution in [0, 0.1) is 6.92 Å². The number of nitrogens with one attached hydrogen (secondary N) is 2. The Morgan fingerprint density at radius 1 is 1.10 bits per heavy atom. The van der Waals surface area contributed by atoms with Crippen molar-refractivity contribution in [1.29, 1.82) is 0 Å². The van der Waals surface area contributed by atoms with Gasteiger partial charge in [0.05, 0.1) is 13.7 Å². The first kappa shape index (κ1) is 22.6. The lowest BCUT2D eigenvalue weighted by Gasteiger charge is -2.38. The van der Waals surface area contributed by atoms with E-state index < -0.39 is 0 Å². The first-order valence-corrected chi connectivity index (χ1v) is 10.5. The van der Waals surface area contributed by atoms with Crippen LogP contribution in [0.5, 0.6) is 5.75 Å². The van der Waals surface area contributed by atoms with Crippen molar-refractivity contribution in [3.05, 3.63) is 71.3 Å². The van der Waals surface area contributed by atoms with Crippen LogP contribution in [0.25, 0.3) is 6.08 Å². The van der Waals surface area contributed by atoms with Crippen molar-refractivity contribution in [1.82, 2.24) is 10.6 Å². The summed E-state index contributed by atoms with van der Waals surface area (Å²) in [5.74, 6) is 0.292. The van der Waals surface area contributed by atoms with Gasteiger partial charge in [-0.15, -0.1) is 0 Å². The second-order valence-corrected chi connectivity index (χ2v) is 7.83. The smallest absolute Gasteiger partial charge is 0.244 e. The van der Waals surface area contributed by atoms with Gasteiger partial charge in [0.2, 0.25) is 11.8 Å². The minimum absolute atomic E-state index is 0.0739. The summed E-state index contributed by atoms with van der Waals surface area (Å²) in [5, 5.41) is 5.64. The molecule has 2 N–H and O–H groups in total. The number of hydrogen-bond donors (Lipinski definition) is 2. The lowest BCUT2D eigenvalue weighted by atomic mass is 9.73. The number of carbonyl (C=O) groups excluding carboxylic acids is 2. The third-order valence-electron chi connectivity index (χ3n) is 5.65. The van der Waals surface area contributed by atoms with Gasteiger partial charge in [-0.25, -0.2) is 0 Å². The van der Waals surface area contributed by atoms with Gasteiger partial charge in [-0.3, -0.25) is 9.59 Å². The van der Waals surface area contributed by atoms with Crippen molar-refractivity contribution >= 4 is 17.9 Å². The molecule has 31 heavy (non-hydrogen) atoms. The van der Waals surface area contributed by atoms with E-state index in [1.54, 1.807) is 13.2 Å². The van der Waals surface area contributed by atoms with Gasteiger partial charge < -0.3 is 20.1 Å². The van der Waals surface area contributed by atoms with E-state index in [-0.39, 0.29) is 23.8 Å². The Balaban J connectivity index is 1.59. The molecule has 0 atom stereocenters. The number of benzene rings is 2. The molecule has 1 heterocycles. The zero-order chi connectivity index (χ0) is 22.1. The second-order valence-electron chi connectivity index (χ2n) is 7.83. The fraction of sp³-hybridized carbons (Fsp3) is 0.360. The Morgan fingerprint density at radius 3 is 2.55 bits per heavy atom. The maximum absolute atomic E-state index is 12.4. The van der Waals surface area contributed by atoms with E-state index in [9.17, 15) is 9.59 Å². The molecule has 6 heteroatoms. The van der Waals surface area contributed by atoms with Crippen molar-refractivity contribution in [2.24, 2.45) is 0 Å². The van der Waals surface area contributed by atoms with Crippen molar-refractivity contribution in [3.8, 4) is 5.75 Å². The average Bonchev–Trinajstić information content (AvgIpc) is 2.81. The molecular weight excluding hydrogens is 392 g/mol. The SMILES string of the molecule is COc1ccc(C)cc1C1(CNC(=O)CNC(=O)/C=C/c2ccccc2)CCOCC1. The van der Waals surface area contributed by atoms with E-state index in [2.05, 4.69) is 16.7 Å². The van der Waals surface area contributed by atoms with Crippen molar-refractivity contribution in [2.45, 2.75) is 25.2 Å². The predicted molar refractivity (Wildman–Crippen MR) is 121 cm³/mol. The van der Waals surface area contributed by atoms with Gasteiger partial charge in [-0.2, -0.15) is 0 Å². The van der Waals surface area contributed by atoms with Crippen molar-refractivity contribution in [3.63, 3.8) is 0 Å².